The largest absolute Gasteiger partial charge is 0.444 e. The lowest BCUT2D eigenvalue weighted by atomic mass is 10.1. The van der Waals surface area contributed by atoms with Crippen LogP contribution in [0, 0.1) is 0 Å². The zero-order valence-electron chi connectivity index (χ0n) is 14.6. The van der Waals surface area contributed by atoms with Crippen molar-refractivity contribution in [2.75, 3.05) is 17.2 Å². The van der Waals surface area contributed by atoms with E-state index in [0.717, 1.165) is 24.3 Å². The van der Waals surface area contributed by atoms with Gasteiger partial charge in [-0.3, -0.25) is 5.32 Å². The zero-order valence-corrected chi connectivity index (χ0v) is 14.6. The van der Waals surface area contributed by atoms with Crippen molar-refractivity contribution in [2.45, 2.75) is 64.6 Å². The maximum Gasteiger partial charge on any atom is 0.412 e. The van der Waals surface area contributed by atoms with Crippen molar-refractivity contribution < 1.29 is 9.53 Å². The van der Waals surface area contributed by atoms with Gasteiger partial charge >= 0.3 is 6.09 Å². The van der Waals surface area contributed by atoms with Crippen LogP contribution in [0.4, 0.5) is 16.2 Å². The summed E-state index contributed by atoms with van der Waals surface area (Å²) in [5.41, 5.74) is 1.24. The van der Waals surface area contributed by atoms with Crippen molar-refractivity contribution in [3.63, 3.8) is 0 Å². The van der Waals surface area contributed by atoms with Gasteiger partial charge in [-0.25, -0.2) is 4.79 Å². The Morgan fingerprint density at radius 1 is 1.39 bits per heavy atom. The van der Waals surface area contributed by atoms with Crippen LogP contribution in [-0.4, -0.2) is 30.3 Å². The molecule has 5 heteroatoms. The van der Waals surface area contributed by atoms with Crippen LogP contribution in [0.15, 0.2) is 24.3 Å². The summed E-state index contributed by atoms with van der Waals surface area (Å²) in [4.78, 5) is 11.8. The SMILES string of the molecule is CC(CC1CCCN1)Nc1cccc(NC(=O)OC(C)(C)C)c1. The molecular formula is C18H29N3O2. The molecule has 3 N–H and O–H groups in total. The van der Waals surface area contributed by atoms with Gasteiger partial charge in [0.05, 0.1) is 0 Å². The van der Waals surface area contributed by atoms with E-state index in [-0.39, 0.29) is 0 Å². The molecule has 0 spiro atoms. The molecule has 1 aliphatic heterocycles. The normalized spacial score (nSPS) is 19.2. The van der Waals surface area contributed by atoms with Gasteiger partial charge in [-0.1, -0.05) is 6.07 Å². The van der Waals surface area contributed by atoms with E-state index in [1.165, 1.54) is 12.8 Å². The minimum atomic E-state index is -0.497. The third-order valence-electron chi connectivity index (χ3n) is 3.72. The third kappa shape index (κ3) is 6.48. The Balaban J connectivity index is 1.87. The molecule has 1 aliphatic rings. The van der Waals surface area contributed by atoms with E-state index in [2.05, 4.69) is 22.9 Å². The van der Waals surface area contributed by atoms with Crippen molar-refractivity contribution >= 4 is 17.5 Å². The summed E-state index contributed by atoms with van der Waals surface area (Å²) in [6.07, 6.45) is 3.20. The second-order valence-electron chi connectivity index (χ2n) is 7.28. The summed E-state index contributed by atoms with van der Waals surface area (Å²) < 4.78 is 5.27. The fourth-order valence-electron chi connectivity index (χ4n) is 2.84. The Morgan fingerprint density at radius 2 is 2.13 bits per heavy atom. The second kappa shape index (κ2) is 7.68. The second-order valence-corrected chi connectivity index (χ2v) is 7.28. The van der Waals surface area contributed by atoms with E-state index in [0.29, 0.717) is 12.1 Å². The van der Waals surface area contributed by atoms with E-state index >= 15 is 0 Å². The molecule has 1 aromatic carbocycles. The number of amides is 1. The summed E-state index contributed by atoms with van der Waals surface area (Å²) in [6, 6.07) is 8.72. The van der Waals surface area contributed by atoms with E-state index in [1.807, 2.05) is 45.0 Å². The van der Waals surface area contributed by atoms with Crippen LogP contribution in [0.2, 0.25) is 0 Å². The number of carbonyl (C=O) groups is 1. The maximum atomic E-state index is 11.8. The number of ether oxygens (including phenoxy) is 1. The first-order chi connectivity index (χ1) is 10.8. The molecule has 0 radical (unpaired) electrons. The molecular weight excluding hydrogens is 290 g/mol. The smallest absolute Gasteiger partial charge is 0.412 e. The van der Waals surface area contributed by atoms with Crippen molar-refractivity contribution in [3.05, 3.63) is 24.3 Å². The van der Waals surface area contributed by atoms with Crippen molar-refractivity contribution in [3.8, 4) is 0 Å². The number of rotatable bonds is 5. The fourth-order valence-corrected chi connectivity index (χ4v) is 2.84. The Hall–Kier alpha value is -1.75. The predicted molar refractivity (Wildman–Crippen MR) is 95.0 cm³/mol. The van der Waals surface area contributed by atoms with E-state index in [4.69, 9.17) is 4.74 Å². The maximum absolute atomic E-state index is 11.8. The molecule has 1 aromatic rings. The first kappa shape index (κ1) is 17.6. The molecule has 1 heterocycles. The van der Waals surface area contributed by atoms with Gasteiger partial charge in [-0.2, -0.15) is 0 Å². The van der Waals surface area contributed by atoms with Crippen molar-refractivity contribution in [1.82, 2.24) is 5.32 Å². The minimum Gasteiger partial charge on any atom is -0.444 e. The fraction of sp³-hybridized carbons (Fsp3) is 0.611. The van der Waals surface area contributed by atoms with Crippen LogP contribution in [0.3, 0.4) is 0 Å². The molecule has 5 nitrogen and oxygen atoms in total. The zero-order chi connectivity index (χ0) is 16.9. The third-order valence-corrected chi connectivity index (χ3v) is 3.72. The molecule has 1 fully saturated rings. The summed E-state index contributed by atoms with van der Waals surface area (Å²) in [5.74, 6) is 0. The Labute approximate surface area is 139 Å². The van der Waals surface area contributed by atoms with Crippen LogP contribution in [-0.2, 0) is 4.74 Å². The van der Waals surface area contributed by atoms with Gasteiger partial charge in [0.1, 0.15) is 5.60 Å². The molecule has 23 heavy (non-hydrogen) atoms. The number of anilines is 2. The molecule has 2 atom stereocenters. The van der Waals surface area contributed by atoms with Gasteiger partial charge in [0.15, 0.2) is 0 Å². The first-order valence-corrected chi connectivity index (χ1v) is 8.42. The topological polar surface area (TPSA) is 62.4 Å². The average molecular weight is 319 g/mol. The van der Waals surface area contributed by atoms with Gasteiger partial charge in [0.25, 0.3) is 0 Å². The highest BCUT2D eigenvalue weighted by atomic mass is 16.6. The average Bonchev–Trinajstić information content (AvgIpc) is 2.89. The van der Waals surface area contributed by atoms with Crippen molar-refractivity contribution in [1.29, 1.82) is 0 Å². The number of benzene rings is 1. The highest BCUT2D eigenvalue weighted by Gasteiger charge is 2.18. The lowest BCUT2D eigenvalue weighted by Crippen LogP contribution is -2.29. The molecule has 0 saturated carbocycles. The molecule has 0 bridgehead atoms. The summed E-state index contributed by atoms with van der Waals surface area (Å²) in [5, 5.41) is 9.79. The van der Waals surface area contributed by atoms with Crippen LogP contribution >= 0.6 is 0 Å². The lowest BCUT2D eigenvalue weighted by molar-refractivity contribution is 0.0636. The number of carbonyl (C=O) groups excluding carboxylic acids is 1. The van der Waals surface area contributed by atoms with Crippen LogP contribution < -0.4 is 16.0 Å². The number of nitrogens with one attached hydrogen (secondary N) is 3. The minimum absolute atomic E-state index is 0.377. The number of hydrogen-bond acceptors (Lipinski definition) is 4. The Kier molecular flexibility index (Phi) is 5.88. The monoisotopic (exact) mass is 319 g/mol. The van der Waals surface area contributed by atoms with Crippen LogP contribution in [0.25, 0.3) is 0 Å². The molecule has 1 amide bonds. The van der Waals surface area contributed by atoms with Gasteiger partial charge in [0.2, 0.25) is 0 Å². The summed E-state index contributed by atoms with van der Waals surface area (Å²) in [7, 11) is 0. The summed E-state index contributed by atoms with van der Waals surface area (Å²) >= 11 is 0. The Morgan fingerprint density at radius 3 is 2.78 bits per heavy atom. The van der Waals surface area contributed by atoms with Gasteiger partial charge < -0.3 is 15.4 Å². The summed E-state index contributed by atoms with van der Waals surface area (Å²) in [6.45, 7) is 8.87. The first-order valence-electron chi connectivity index (χ1n) is 8.42. The molecule has 128 valence electrons. The predicted octanol–water partition coefficient (Wildman–Crippen LogP) is 3.98. The number of hydrogen-bond donors (Lipinski definition) is 3. The highest BCUT2D eigenvalue weighted by molar-refractivity contribution is 5.85. The van der Waals surface area contributed by atoms with Gasteiger partial charge in [0, 0.05) is 23.5 Å². The Bertz CT molecular complexity index is 519. The van der Waals surface area contributed by atoms with Crippen LogP contribution in [0.5, 0.6) is 0 Å². The van der Waals surface area contributed by atoms with Gasteiger partial charge in [-0.05, 0) is 71.7 Å². The standard InChI is InChI=1S/C18H29N3O2/c1-13(11-14-9-6-10-19-14)20-15-7-5-8-16(12-15)21-17(22)23-18(2,3)4/h5,7-8,12-14,19-20H,6,9-11H2,1-4H3,(H,21,22). The molecule has 0 aromatic heterocycles. The van der Waals surface area contributed by atoms with E-state index in [1.54, 1.807) is 0 Å². The molecule has 1 saturated heterocycles. The quantitative estimate of drug-likeness (QED) is 0.768. The van der Waals surface area contributed by atoms with Crippen molar-refractivity contribution in [2.24, 2.45) is 0 Å². The van der Waals surface area contributed by atoms with Crippen LogP contribution in [0.1, 0.15) is 47.0 Å². The van der Waals surface area contributed by atoms with E-state index in [9.17, 15) is 4.79 Å². The van der Waals surface area contributed by atoms with Gasteiger partial charge in [-0.15, -0.1) is 0 Å². The molecule has 2 unspecified atom stereocenters. The molecule has 0 aliphatic carbocycles. The molecule has 2 rings (SSSR count). The lowest BCUT2D eigenvalue weighted by Gasteiger charge is -2.21. The highest BCUT2D eigenvalue weighted by Crippen LogP contribution is 2.19. The van der Waals surface area contributed by atoms with E-state index < -0.39 is 11.7 Å².